The van der Waals surface area contributed by atoms with Gasteiger partial charge in [-0.15, -0.1) is 0 Å². The highest BCUT2D eigenvalue weighted by molar-refractivity contribution is 9.10. The Hall–Kier alpha value is -2.21. The largest absolute Gasteiger partial charge is 0.348 e. The van der Waals surface area contributed by atoms with E-state index >= 15 is 0 Å². The van der Waals surface area contributed by atoms with Crippen molar-refractivity contribution < 1.29 is 9.59 Å². The molecular formula is C16H16BrN3O2. The number of benzene rings is 1. The van der Waals surface area contributed by atoms with Gasteiger partial charge in [-0.05, 0) is 42.8 Å². The van der Waals surface area contributed by atoms with Gasteiger partial charge in [-0.25, -0.2) is 0 Å². The first-order valence-electron chi connectivity index (χ1n) is 6.79. The van der Waals surface area contributed by atoms with Gasteiger partial charge in [0.2, 0.25) is 5.91 Å². The maximum atomic E-state index is 11.9. The number of rotatable bonds is 5. The molecule has 1 heterocycles. The minimum atomic E-state index is -0.284. The first-order chi connectivity index (χ1) is 10.6. The van der Waals surface area contributed by atoms with E-state index in [1.165, 1.54) is 0 Å². The molecule has 0 unspecified atom stereocenters. The van der Waals surface area contributed by atoms with Crippen molar-refractivity contribution in [2.45, 2.75) is 13.0 Å². The van der Waals surface area contributed by atoms with E-state index in [1.807, 2.05) is 25.1 Å². The summed E-state index contributed by atoms with van der Waals surface area (Å²) < 4.78 is 0.816. The molecule has 2 rings (SSSR count). The Morgan fingerprint density at radius 3 is 2.64 bits per heavy atom. The molecule has 1 aromatic carbocycles. The second-order valence-corrected chi connectivity index (χ2v) is 5.68. The SMILES string of the molecule is C[C@@H](NC(=O)CNC(=O)c1cccc(Br)c1)c1ccncc1. The third-order valence-electron chi connectivity index (χ3n) is 3.08. The molecule has 0 fully saturated rings. The first-order valence-corrected chi connectivity index (χ1v) is 7.58. The summed E-state index contributed by atoms with van der Waals surface area (Å²) in [6.45, 7) is 1.81. The molecule has 2 amide bonds. The molecule has 0 aliphatic rings. The van der Waals surface area contributed by atoms with Crippen molar-refractivity contribution >= 4 is 27.7 Å². The third-order valence-corrected chi connectivity index (χ3v) is 3.57. The molecule has 1 atom stereocenters. The maximum absolute atomic E-state index is 11.9. The predicted molar refractivity (Wildman–Crippen MR) is 87.3 cm³/mol. The number of hydrogen-bond donors (Lipinski definition) is 2. The van der Waals surface area contributed by atoms with E-state index in [1.54, 1.807) is 30.6 Å². The summed E-state index contributed by atoms with van der Waals surface area (Å²) in [5, 5.41) is 5.42. The highest BCUT2D eigenvalue weighted by atomic mass is 79.9. The van der Waals surface area contributed by atoms with Gasteiger partial charge >= 0.3 is 0 Å². The minimum absolute atomic E-state index is 0.0687. The van der Waals surface area contributed by atoms with Gasteiger partial charge in [0.1, 0.15) is 0 Å². The number of hydrogen-bond acceptors (Lipinski definition) is 3. The molecule has 0 radical (unpaired) electrons. The summed E-state index contributed by atoms with van der Waals surface area (Å²) in [5.41, 5.74) is 1.46. The standard InChI is InChI=1S/C16H16BrN3O2/c1-11(12-5-7-18-8-6-12)20-15(21)10-19-16(22)13-3-2-4-14(17)9-13/h2-9,11H,10H2,1H3,(H,19,22)(H,20,21)/t11-/m1/s1. The molecule has 2 aromatic rings. The van der Waals surface area contributed by atoms with Gasteiger partial charge < -0.3 is 10.6 Å². The average molecular weight is 362 g/mol. The maximum Gasteiger partial charge on any atom is 0.251 e. The van der Waals surface area contributed by atoms with Crippen molar-refractivity contribution in [2.24, 2.45) is 0 Å². The van der Waals surface area contributed by atoms with Crippen LogP contribution in [0.1, 0.15) is 28.9 Å². The van der Waals surface area contributed by atoms with Gasteiger partial charge in [0.15, 0.2) is 0 Å². The second kappa shape index (κ2) is 7.70. The highest BCUT2D eigenvalue weighted by Crippen LogP contribution is 2.11. The van der Waals surface area contributed by atoms with Crippen LogP contribution in [-0.2, 0) is 4.79 Å². The molecule has 6 heteroatoms. The fourth-order valence-corrected chi connectivity index (χ4v) is 2.32. The topological polar surface area (TPSA) is 71.1 Å². The molecule has 0 bridgehead atoms. The van der Waals surface area contributed by atoms with Crippen molar-refractivity contribution in [3.8, 4) is 0 Å². The van der Waals surface area contributed by atoms with E-state index in [9.17, 15) is 9.59 Å². The highest BCUT2D eigenvalue weighted by Gasteiger charge is 2.11. The van der Waals surface area contributed by atoms with Gasteiger partial charge in [0.05, 0.1) is 12.6 Å². The van der Waals surface area contributed by atoms with Crippen LogP contribution in [0.2, 0.25) is 0 Å². The summed E-state index contributed by atoms with van der Waals surface area (Å²) in [4.78, 5) is 27.7. The fourth-order valence-electron chi connectivity index (χ4n) is 1.92. The number of nitrogens with zero attached hydrogens (tertiary/aromatic N) is 1. The van der Waals surface area contributed by atoms with Crippen LogP contribution >= 0.6 is 15.9 Å². The summed E-state index contributed by atoms with van der Waals surface area (Å²) in [6, 6.07) is 10.5. The molecule has 0 saturated carbocycles. The number of halogens is 1. The Labute approximate surface area is 137 Å². The molecule has 1 aromatic heterocycles. The summed E-state index contributed by atoms with van der Waals surface area (Å²) in [5.74, 6) is -0.527. The van der Waals surface area contributed by atoms with E-state index in [0.29, 0.717) is 5.56 Å². The Morgan fingerprint density at radius 1 is 1.23 bits per heavy atom. The molecule has 0 aliphatic carbocycles. The lowest BCUT2D eigenvalue weighted by Crippen LogP contribution is -2.38. The number of carbonyl (C=O) groups excluding carboxylic acids is 2. The zero-order valence-corrected chi connectivity index (χ0v) is 13.6. The van der Waals surface area contributed by atoms with Crippen LogP contribution in [-0.4, -0.2) is 23.3 Å². The Morgan fingerprint density at radius 2 is 1.95 bits per heavy atom. The van der Waals surface area contributed by atoms with Crippen molar-refractivity contribution in [1.29, 1.82) is 0 Å². The number of nitrogens with one attached hydrogen (secondary N) is 2. The molecule has 22 heavy (non-hydrogen) atoms. The quantitative estimate of drug-likeness (QED) is 0.858. The van der Waals surface area contributed by atoms with E-state index in [2.05, 4.69) is 31.5 Å². The Balaban J connectivity index is 1.84. The number of pyridine rings is 1. The molecule has 5 nitrogen and oxygen atoms in total. The van der Waals surface area contributed by atoms with E-state index in [4.69, 9.17) is 0 Å². The fraction of sp³-hybridized carbons (Fsp3) is 0.188. The van der Waals surface area contributed by atoms with Crippen LogP contribution in [0, 0.1) is 0 Å². The van der Waals surface area contributed by atoms with Gasteiger partial charge in [0, 0.05) is 22.4 Å². The molecular weight excluding hydrogens is 346 g/mol. The molecule has 2 N–H and O–H groups in total. The van der Waals surface area contributed by atoms with Gasteiger partial charge in [0.25, 0.3) is 5.91 Å². The predicted octanol–water partition coefficient (Wildman–Crippen LogP) is 2.45. The van der Waals surface area contributed by atoms with Gasteiger partial charge in [-0.3, -0.25) is 14.6 Å². The second-order valence-electron chi connectivity index (χ2n) is 4.76. The van der Waals surface area contributed by atoms with E-state index < -0.39 is 0 Å². The molecule has 0 saturated heterocycles. The summed E-state index contributed by atoms with van der Waals surface area (Å²) >= 11 is 3.30. The van der Waals surface area contributed by atoms with Crippen LogP contribution in [0.15, 0.2) is 53.3 Å². The Bertz CT molecular complexity index is 661. The summed E-state index contributed by atoms with van der Waals surface area (Å²) in [7, 11) is 0. The third kappa shape index (κ3) is 4.66. The van der Waals surface area contributed by atoms with Gasteiger partial charge in [-0.2, -0.15) is 0 Å². The van der Waals surface area contributed by atoms with Crippen LogP contribution in [0.25, 0.3) is 0 Å². The number of aromatic nitrogens is 1. The van der Waals surface area contributed by atoms with Crippen LogP contribution < -0.4 is 10.6 Å². The van der Waals surface area contributed by atoms with Crippen molar-refractivity contribution in [2.75, 3.05) is 6.54 Å². The zero-order valence-electron chi connectivity index (χ0n) is 12.0. The molecule has 114 valence electrons. The zero-order chi connectivity index (χ0) is 15.9. The number of carbonyl (C=O) groups is 2. The van der Waals surface area contributed by atoms with Crippen molar-refractivity contribution in [3.63, 3.8) is 0 Å². The van der Waals surface area contributed by atoms with Crippen LogP contribution in [0.4, 0.5) is 0 Å². The first kappa shape index (κ1) is 16.2. The minimum Gasteiger partial charge on any atom is -0.348 e. The van der Waals surface area contributed by atoms with Crippen LogP contribution in [0.3, 0.4) is 0 Å². The number of amides is 2. The smallest absolute Gasteiger partial charge is 0.251 e. The average Bonchev–Trinajstić information content (AvgIpc) is 2.53. The van der Waals surface area contributed by atoms with E-state index in [0.717, 1.165) is 10.0 Å². The summed E-state index contributed by atoms with van der Waals surface area (Å²) in [6.07, 6.45) is 3.35. The van der Waals surface area contributed by atoms with E-state index in [-0.39, 0.29) is 24.4 Å². The monoisotopic (exact) mass is 361 g/mol. The molecule has 0 aliphatic heterocycles. The lowest BCUT2D eigenvalue weighted by molar-refractivity contribution is -0.120. The van der Waals surface area contributed by atoms with Gasteiger partial charge in [-0.1, -0.05) is 22.0 Å². The lowest BCUT2D eigenvalue weighted by atomic mass is 10.1. The Kier molecular flexibility index (Phi) is 5.66. The van der Waals surface area contributed by atoms with Crippen molar-refractivity contribution in [3.05, 3.63) is 64.4 Å². The van der Waals surface area contributed by atoms with Crippen molar-refractivity contribution in [1.82, 2.24) is 15.6 Å². The molecule has 0 spiro atoms. The van der Waals surface area contributed by atoms with Crippen LogP contribution in [0.5, 0.6) is 0 Å². The normalized spacial score (nSPS) is 11.5. The lowest BCUT2D eigenvalue weighted by Gasteiger charge is -2.14.